The fraction of sp³-hybridized carbons (Fsp3) is 0.600. The number of hydrogen-bond donors (Lipinski definition) is 1. The van der Waals surface area contributed by atoms with Crippen LogP contribution in [0.3, 0.4) is 0 Å². The number of likely N-dealkylation sites (tertiary alicyclic amines) is 1. The summed E-state index contributed by atoms with van der Waals surface area (Å²) in [4.78, 5) is 2.47. The van der Waals surface area contributed by atoms with Gasteiger partial charge in [-0.25, -0.2) is 8.78 Å². The summed E-state index contributed by atoms with van der Waals surface area (Å²) in [6.45, 7) is 7.73. The molecule has 0 spiro atoms. The third kappa shape index (κ3) is 4.16. The lowest BCUT2D eigenvalue weighted by atomic mass is 10.0. The van der Waals surface area contributed by atoms with Crippen LogP contribution in [0, 0.1) is 17.6 Å². The van der Waals surface area contributed by atoms with Gasteiger partial charge in [0.1, 0.15) is 0 Å². The van der Waals surface area contributed by atoms with E-state index in [-0.39, 0.29) is 0 Å². The minimum absolute atomic E-state index is 0.355. The Balaban J connectivity index is 1.83. The molecular weight excluding hydrogens is 246 g/mol. The van der Waals surface area contributed by atoms with Crippen molar-refractivity contribution < 1.29 is 8.78 Å². The summed E-state index contributed by atoms with van der Waals surface area (Å²) in [7, 11) is 0. The Morgan fingerprint density at radius 2 is 1.89 bits per heavy atom. The molecule has 19 heavy (non-hydrogen) atoms. The maximum absolute atomic E-state index is 13.1. The standard InChI is InChI=1S/C15H22F2N2/c1-11(2)10-19-7-5-12(6-8-19)18-13-3-4-14(16)15(17)9-13/h3-4,9,11-12,18H,5-8,10H2,1-2H3. The molecule has 1 heterocycles. The molecule has 0 atom stereocenters. The van der Waals surface area contributed by atoms with Crippen LogP contribution in [-0.2, 0) is 0 Å². The maximum Gasteiger partial charge on any atom is 0.160 e. The first kappa shape index (κ1) is 14.3. The summed E-state index contributed by atoms with van der Waals surface area (Å²) < 4.78 is 26.0. The molecule has 0 aromatic heterocycles. The van der Waals surface area contributed by atoms with Gasteiger partial charge in [0.15, 0.2) is 11.6 Å². The van der Waals surface area contributed by atoms with Crippen molar-refractivity contribution in [1.82, 2.24) is 4.90 Å². The summed E-state index contributed by atoms with van der Waals surface area (Å²) in [5.74, 6) is -0.893. The van der Waals surface area contributed by atoms with E-state index in [4.69, 9.17) is 0 Å². The van der Waals surface area contributed by atoms with E-state index in [1.54, 1.807) is 6.07 Å². The van der Waals surface area contributed by atoms with Gasteiger partial charge >= 0.3 is 0 Å². The van der Waals surface area contributed by atoms with Gasteiger partial charge in [0.05, 0.1) is 0 Å². The molecule has 0 amide bonds. The summed E-state index contributed by atoms with van der Waals surface area (Å²) in [6.07, 6.45) is 2.09. The molecule has 0 radical (unpaired) electrons. The van der Waals surface area contributed by atoms with Crippen LogP contribution in [0.15, 0.2) is 18.2 Å². The Morgan fingerprint density at radius 3 is 2.47 bits per heavy atom. The van der Waals surface area contributed by atoms with Crippen molar-refractivity contribution in [3.05, 3.63) is 29.8 Å². The van der Waals surface area contributed by atoms with Crippen LogP contribution in [0.2, 0.25) is 0 Å². The van der Waals surface area contributed by atoms with E-state index in [9.17, 15) is 8.78 Å². The van der Waals surface area contributed by atoms with Crippen LogP contribution in [0.25, 0.3) is 0 Å². The van der Waals surface area contributed by atoms with Crippen LogP contribution >= 0.6 is 0 Å². The Hall–Kier alpha value is -1.16. The van der Waals surface area contributed by atoms with Crippen molar-refractivity contribution >= 4 is 5.69 Å². The van der Waals surface area contributed by atoms with E-state index in [1.165, 1.54) is 12.1 Å². The lowest BCUT2D eigenvalue weighted by Crippen LogP contribution is -2.40. The minimum atomic E-state index is -0.794. The van der Waals surface area contributed by atoms with Crippen molar-refractivity contribution in [2.24, 2.45) is 5.92 Å². The minimum Gasteiger partial charge on any atom is -0.382 e. The van der Waals surface area contributed by atoms with E-state index in [2.05, 4.69) is 24.1 Å². The topological polar surface area (TPSA) is 15.3 Å². The Kier molecular flexibility index (Phi) is 4.75. The third-order valence-electron chi connectivity index (χ3n) is 3.50. The molecule has 1 aliphatic rings. The second kappa shape index (κ2) is 6.33. The average Bonchev–Trinajstić information content (AvgIpc) is 2.36. The third-order valence-corrected chi connectivity index (χ3v) is 3.50. The molecule has 0 aliphatic carbocycles. The predicted octanol–water partition coefficient (Wildman–Crippen LogP) is 3.50. The molecule has 1 saturated heterocycles. The average molecular weight is 268 g/mol. The monoisotopic (exact) mass is 268 g/mol. The number of anilines is 1. The first-order valence-electron chi connectivity index (χ1n) is 6.98. The summed E-state index contributed by atoms with van der Waals surface area (Å²) >= 11 is 0. The van der Waals surface area contributed by atoms with Crippen molar-refractivity contribution in [3.63, 3.8) is 0 Å². The molecule has 1 N–H and O–H groups in total. The van der Waals surface area contributed by atoms with E-state index < -0.39 is 11.6 Å². The van der Waals surface area contributed by atoms with Gasteiger partial charge in [0.2, 0.25) is 0 Å². The van der Waals surface area contributed by atoms with Crippen LogP contribution in [0.4, 0.5) is 14.5 Å². The molecule has 1 aliphatic heterocycles. The van der Waals surface area contributed by atoms with Crippen LogP contribution < -0.4 is 5.32 Å². The molecule has 2 rings (SSSR count). The predicted molar refractivity (Wildman–Crippen MR) is 74.3 cm³/mol. The number of piperidine rings is 1. The van der Waals surface area contributed by atoms with Gasteiger partial charge < -0.3 is 10.2 Å². The molecule has 2 nitrogen and oxygen atoms in total. The highest BCUT2D eigenvalue weighted by atomic mass is 19.2. The Morgan fingerprint density at radius 1 is 1.21 bits per heavy atom. The molecule has 106 valence electrons. The number of halogens is 2. The van der Waals surface area contributed by atoms with Crippen LogP contribution in [0.5, 0.6) is 0 Å². The van der Waals surface area contributed by atoms with Crippen molar-refractivity contribution in [1.29, 1.82) is 0 Å². The van der Waals surface area contributed by atoms with E-state index in [1.807, 2.05) is 0 Å². The summed E-state index contributed by atoms with van der Waals surface area (Å²) in [6, 6.07) is 4.36. The van der Waals surface area contributed by atoms with Gasteiger partial charge in [-0.15, -0.1) is 0 Å². The summed E-state index contributed by atoms with van der Waals surface area (Å²) in [5.41, 5.74) is 0.668. The lowest BCUT2D eigenvalue weighted by Gasteiger charge is -2.33. The number of rotatable bonds is 4. The molecule has 1 fully saturated rings. The number of hydrogen-bond acceptors (Lipinski definition) is 2. The number of nitrogens with one attached hydrogen (secondary N) is 1. The second-order valence-corrected chi connectivity index (χ2v) is 5.74. The molecule has 4 heteroatoms. The van der Waals surface area contributed by atoms with Crippen molar-refractivity contribution in [3.8, 4) is 0 Å². The fourth-order valence-electron chi connectivity index (χ4n) is 2.60. The number of nitrogens with zero attached hydrogens (tertiary/aromatic N) is 1. The highest BCUT2D eigenvalue weighted by Crippen LogP contribution is 2.19. The van der Waals surface area contributed by atoms with E-state index in [0.29, 0.717) is 17.6 Å². The molecular formula is C15H22F2N2. The zero-order chi connectivity index (χ0) is 13.8. The normalized spacial score (nSPS) is 17.9. The SMILES string of the molecule is CC(C)CN1CCC(Nc2ccc(F)c(F)c2)CC1. The quantitative estimate of drug-likeness (QED) is 0.899. The number of benzene rings is 1. The zero-order valence-electron chi connectivity index (χ0n) is 11.6. The second-order valence-electron chi connectivity index (χ2n) is 5.74. The zero-order valence-corrected chi connectivity index (χ0v) is 11.6. The maximum atomic E-state index is 13.1. The van der Waals surface area contributed by atoms with Gasteiger partial charge in [-0.05, 0) is 30.9 Å². The van der Waals surface area contributed by atoms with Gasteiger partial charge in [-0.3, -0.25) is 0 Å². The van der Waals surface area contributed by atoms with Crippen molar-refractivity contribution in [2.45, 2.75) is 32.7 Å². The molecule has 0 saturated carbocycles. The van der Waals surface area contributed by atoms with E-state index in [0.717, 1.165) is 32.5 Å². The fourth-order valence-corrected chi connectivity index (χ4v) is 2.60. The first-order chi connectivity index (χ1) is 9.04. The van der Waals surface area contributed by atoms with Gasteiger partial charge in [0.25, 0.3) is 0 Å². The Bertz CT molecular complexity index is 413. The van der Waals surface area contributed by atoms with Gasteiger partial charge in [0, 0.05) is 37.4 Å². The highest BCUT2D eigenvalue weighted by Gasteiger charge is 2.19. The lowest BCUT2D eigenvalue weighted by molar-refractivity contribution is 0.198. The summed E-state index contributed by atoms with van der Waals surface area (Å²) in [5, 5.41) is 3.29. The smallest absolute Gasteiger partial charge is 0.160 e. The van der Waals surface area contributed by atoms with Crippen molar-refractivity contribution in [2.75, 3.05) is 25.0 Å². The highest BCUT2D eigenvalue weighted by molar-refractivity contribution is 5.44. The van der Waals surface area contributed by atoms with Gasteiger partial charge in [-0.1, -0.05) is 13.8 Å². The van der Waals surface area contributed by atoms with Crippen LogP contribution in [0.1, 0.15) is 26.7 Å². The largest absolute Gasteiger partial charge is 0.382 e. The molecule has 0 bridgehead atoms. The molecule has 1 aromatic rings. The first-order valence-corrected chi connectivity index (χ1v) is 6.98. The van der Waals surface area contributed by atoms with Gasteiger partial charge in [-0.2, -0.15) is 0 Å². The van der Waals surface area contributed by atoms with E-state index >= 15 is 0 Å². The van der Waals surface area contributed by atoms with Crippen LogP contribution in [-0.4, -0.2) is 30.6 Å². The Labute approximate surface area is 113 Å². The molecule has 0 unspecified atom stereocenters. The molecule has 1 aromatic carbocycles.